The quantitative estimate of drug-likeness (QED) is 0.276. The maximum atomic E-state index is 12.6. The molecule has 3 heterocycles. The molecule has 3 N–H and O–H groups in total. The van der Waals surface area contributed by atoms with Gasteiger partial charge in [-0.1, -0.05) is 5.21 Å². The van der Waals surface area contributed by atoms with Crippen molar-refractivity contribution in [3.05, 3.63) is 54.1 Å². The Balaban J connectivity index is 1.26. The fourth-order valence-corrected chi connectivity index (χ4v) is 4.62. The summed E-state index contributed by atoms with van der Waals surface area (Å²) in [6, 6.07) is 13.8. The molecule has 1 aliphatic heterocycles. The third-order valence-electron chi connectivity index (χ3n) is 6.93. The van der Waals surface area contributed by atoms with E-state index in [1.807, 2.05) is 38.1 Å². The van der Waals surface area contributed by atoms with Crippen LogP contribution in [0.1, 0.15) is 24.2 Å². The van der Waals surface area contributed by atoms with Gasteiger partial charge >= 0.3 is 6.03 Å². The molecule has 3 amide bonds. The zero-order valence-electron chi connectivity index (χ0n) is 24.3. The summed E-state index contributed by atoms with van der Waals surface area (Å²) in [5, 5.41) is 17.1. The molecule has 220 valence electrons. The van der Waals surface area contributed by atoms with Crippen LogP contribution in [0, 0.1) is 0 Å². The van der Waals surface area contributed by atoms with Gasteiger partial charge in [0.2, 0.25) is 0 Å². The van der Waals surface area contributed by atoms with Crippen molar-refractivity contribution >= 4 is 40.3 Å². The number of nitrogens with one attached hydrogen (secondary N) is 3. The van der Waals surface area contributed by atoms with Gasteiger partial charge in [-0.3, -0.25) is 4.79 Å². The predicted molar refractivity (Wildman–Crippen MR) is 162 cm³/mol. The number of likely N-dealkylation sites (N-methyl/N-ethyl adjacent to an activating group) is 1. The van der Waals surface area contributed by atoms with Crippen LogP contribution in [0.5, 0.6) is 0 Å². The van der Waals surface area contributed by atoms with Gasteiger partial charge in [-0.2, -0.15) is 0 Å². The van der Waals surface area contributed by atoms with Crippen LogP contribution in [0.2, 0.25) is 0 Å². The number of carbonyl (C=O) groups excluding carboxylic acids is 2. The van der Waals surface area contributed by atoms with E-state index in [0.717, 1.165) is 17.9 Å². The SMILES string of the molecule is CCn1nnc2c(N3CCOC[C@@H]3C)nc(-c3ccc(NC(=O)Nc4ccc(C(=O)NCCN(C)C)cc4)cc3)nc21. The van der Waals surface area contributed by atoms with Gasteiger partial charge in [-0.05, 0) is 76.5 Å². The first-order valence-corrected chi connectivity index (χ1v) is 14.0. The summed E-state index contributed by atoms with van der Waals surface area (Å²) >= 11 is 0. The molecular weight excluding hydrogens is 536 g/mol. The number of ether oxygens (including phenoxy) is 1. The Bertz CT molecular complexity index is 1540. The number of carbonyl (C=O) groups is 2. The Hall–Kier alpha value is -4.62. The standard InChI is InChI=1S/C29H36N10O3/c1-5-39-27-24(35-36-39)26(38-16-17-42-18-19(38)2)33-25(34-27)20-6-10-22(11-7-20)31-29(41)32-23-12-8-21(9-13-23)28(40)30-14-15-37(3)4/h6-13,19H,5,14-18H2,1-4H3,(H,30,40)(H2,31,32,41)/t19-/m0/s1. The van der Waals surface area contributed by atoms with Gasteiger partial charge in [0.05, 0.1) is 19.3 Å². The molecule has 0 saturated carbocycles. The van der Waals surface area contributed by atoms with E-state index in [1.165, 1.54) is 0 Å². The number of hydrogen-bond acceptors (Lipinski definition) is 9. The van der Waals surface area contributed by atoms with E-state index in [4.69, 9.17) is 14.7 Å². The smallest absolute Gasteiger partial charge is 0.323 e. The van der Waals surface area contributed by atoms with E-state index in [9.17, 15) is 9.59 Å². The minimum atomic E-state index is -0.398. The second-order valence-electron chi connectivity index (χ2n) is 10.4. The topological polar surface area (TPSA) is 142 Å². The Morgan fingerprint density at radius 3 is 2.36 bits per heavy atom. The number of aromatic nitrogens is 5. The third-order valence-corrected chi connectivity index (χ3v) is 6.93. The van der Waals surface area contributed by atoms with E-state index in [2.05, 4.69) is 38.1 Å². The van der Waals surface area contributed by atoms with Crippen molar-refractivity contribution in [2.75, 3.05) is 62.5 Å². The molecule has 2 aromatic heterocycles. The molecule has 0 spiro atoms. The fourth-order valence-electron chi connectivity index (χ4n) is 4.62. The molecule has 1 saturated heterocycles. The van der Waals surface area contributed by atoms with Crippen LogP contribution in [-0.4, -0.2) is 94.8 Å². The van der Waals surface area contributed by atoms with Gasteiger partial charge in [0.25, 0.3) is 5.91 Å². The molecular formula is C29H36N10O3. The number of morpholine rings is 1. The molecule has 0 radical (unpaired) electrons. The number of fused-ring (bicyclic) bond motifs is 1. The lowest BCUT2D eigenvalue weighted by atomic mass is 10.2. The van der Waals surface area contributed by atoms with E-state index in [0.29, 0.717) is 66.8 Å². The Labute approximate surface area is 244 Å². The molecule has 0 bridgehead atoms. The summed E-state index contributed by atoms with van der Waals surface area (Å²) in [6.07, 6.45) is 0. The van der Waals surface area contributed by atoms with E-state index >= 15 is 0 Å². The van der Waals surface area contributed by atoms with E-state index < -0.39 is 6.03 Å². The number of benzene rings is 2. The number of urea groups is 1. The summed E-state index contributed by atoms with van der Waals surface area (Å²) in [5.41, 5.74) is 3.85. The molecule has 5 rings (SSSR count). The zero-order chi connectivity index (χ0) is 29.6. The zero-order valence-corrected chi connectivity index (χ0v) is 24.3. The molecule has 4 aromatic rings. The van der Waals surface area contributed by atoms with Crippen molar-refractivity contribution in [2.45, 2.75) is 26.4 Å². The van der Waals surface area contributed by atoms with Gasteiger partial charge in [0.15, 0.2) is 22.8 Å². The summed E-state index contributed by atoms with van der Waals surface area (Å²) in [6.45, 7) is 7.98. The number of hydrogen-bond donors (Lipinski definition) is 3. The van der Waals surface area contributed by atoms with E-state index in [1.54, 1.807) is 41.1 Å². The number of rotatable bonds is 9. The van der Waals surface area contributed by atoms with Crippen molar-refractivity contribution in [1.29, 1.82) is 0 Å². The highest BCUT2D eigenvalue weighted by molar-refractivity contribution is 6.00. The predicted octanol–water partition coefficient (Wildman–Crippen LogP) is 3.07. The van der Waals surface area contributed by atoms with Crippen LogP contribution >= 0.6 is 0 Å². The molecule has 1 fully saturated rings. The van der Waals surface area contributed by atoms with Crippen LogP contribution in [-0.2, 0) is 11.3 Å². The van der Waals surface area contributed by atoms with Gasteiger partial charge in [0.1, 0.15) is 0 Å². The molecule has 1 atom stereocenters. The third kappa shape index (κ3) is 6.64. The lowest BCUT2D eigenvalue weighted by Crippen LogP contribution is -2.44. The Kier molecular flexibility index (Phi) is 8.88. The van der Waals surface area contributed by atoms with Crippen LogP contribution < -0.4 is 20.9 Å². The lowest BCUT2D eigenvalue weighted by Gasteiger charge is -2.34. The molecule has 0 unspecified atom stereocenters. The molecule has 2 aromatic carbocycles. The average molecular weight is 573 g/mol. The Morgan fingerprint density at radius 2 is 1.71 bits per heavy atom. The van der Waals surface area contributed by atoms with Gasteiger partial charge in [0, 0.05) is 48.7 Å². The van der Waals surface area contributed by atoms with Crippen LogP contribution in [0.3, 0.4) is 0 Å². The van der Waals surface area contributed by atoms with Crippen LogP contribution in [0.25, 0.3) is 22.6 Å². The average Bonchev–Trinajstić information content (AvgIpc) is 3.41. The van der Waals surface area contributed by atoms with Crippen molar-refractivity contribution in [3.8, 4) is 11.4 Å². The maximum absolute atomic E-state index is 12.6. The number of aryl methyl sites for hydroxylation is 1. The molecule has 0 aliphatic carbocycles. The first-order chi connectivity index (χ1) is 20.3. The fraction of sp³-hybridized carbons (Fsp3) is 0.379. The minimum Gasteiger partial charge on any atom is -0.377 e. The molecule has 13 nitrogen and oxygen atoms in total. The van der Waals surface area contributed by atoms with Gasteiger partial charge in [-0.15, -0.1) is 5.10 Å². The summed E-state index contributed by atoms with van der Waals surface area (Å²) < 4.78 is 7.38. The largest absolute Gasteiger partial charge is 0.377 e. The molecule has 1 aliphatic rings. The second kappa shape index (κ2) is 12.9. The summed E-state index contributed by atoms with van der Waals surface area (Å²) in [7, 11) is 3.90. The normalized spacial score (nSPS) is 15.2. The second-order valence-corrected chi connectivity index (χ2v) is 10.4. The van der Waals surface area contributed by atoms with Crippen molar-refractivity contribution < 1.29 is 14.3 Å². The number of anilines is 3. The minimum absolute atomic E-state index is 0.142. The van der Waals surface area contributed by atoms with Gasteiger partial charge < -0.3 is 30.5 Å². The first-order valence-electron chi connectivity index (χ1n) is 14.0. The van der Waals surface area contributed by atoms with Gasteiger partial charge in [-0.25, -0.2) is 19.4 Å². The molecule has 13 heteroatoms. The summed E-state index contributed by atoms with van der Waals surface area (Å²) in [4.78, 5) is 38.8. The van der Waals surface area contributed by atoms with Crippen LogP contribution in [0.4, 0.5) is 22.0 Å². The Morgan fingerprint density at radius 1 is 1.02 bits per heavy atom. The maximum Gasteiger partial charge on any atom is 0.323 e. The highest BCUT2D eigenvalue weighted by Gasteiger charge is 2.26. The highest BCUT2D eigenvalue weighted by Crippen LogP contribution is 2.29. The van der Waals surface area contributed by atoms with Crippen molar-refractivity contribution in [3.63, 3.8) is 0 Å². The van der Waals surface area contributed by atoms with Crippen LogP contribution in [0.15, 0.2) is 48.5 Å². The molecule has 42 heavy (non-hydrogen) atoms. The number of nitrogens with zero attached hydrogens (tertiary/aromatic N) is 7. The lowest BCUT2D eigenvalue weighted by molar-refractivity contribution is 0.0951. The monoisotopic (exact) mass is 572 g/mol. The highest BCUT2D eigenvalue weighted by atomic mass is 16.5. The summed E-state index contributed by atoms with van der Waals surface area (Å²) in [5.74, 6) is 1.14. The van der Waals surface area contributed by atoms with E-state index in [-0.39, 0.29) is 11.9 Å². The number of amides is 3. The van der Waals surface area contributed by atoms with Crippen molar-refractivity contribution in [2.24, 2.45) is 0 Å². The first kappa shape index (κ1) is 28.9. The van der Waals surface area contributed by atoms with Crippen molar-refractivity contribution in [1.82, 2.24) is 35.2 Å².